The van der Waals surface area contributed by atoms with E-state index in [0.29, 0.717) is 18.9 Å². The number of halogens is 3. The van der Waals surface area contributed by atoms with Gasteiger partial charge in [0.2, 0.25) is 5.76 Å². The molecular weight excluding hydrogens is 2640 g/mol. The molecule has 57 heavy (non-hydrogen) atoms. The third kappa shape index (κ3) is 155. The molecule has 1 aliphatic rings. The summed E-state index contributed by atoms with van der Waals surface area (Å²) in [4.78, 5) is 40.0. The average Bonchev–Trinajstić information content (AvgIpc) is 3.81. The van der Waals surface area contributed by atoms with Crippen molar-refractivity contribution >= 4 is 80.5 Å². The van der Waals surface area contributed by atoms with E-state index in [9.17, 15) is 14.4 Å². The number of rotatable bonds is 11. The second kappa shape index (κ2) is 104. The van der Waals surface area contributed by atoms with Gasteiger partial charge in [-0.05, 0) is 18.1 Å². The topological polar surface area (TPSA) is 244 Å². The summed E-state index contributed by atoms with van der Waals surface area (Å²) in [5, 5.41) is 40.6. The summed E-state index contributed by atoms with van der Waals surface area (Å²) in [6.07, 6.45) is 1.72. The van der Waals surface area contributed by atoms with Crippen LogP contribution in [-0.2, 0) is 48.6 Å². The minimum absolute atomic E-state index is 0. The molecule has 27 heteroatoms. The SMILES string of the molecule is C.C.COC(=O)CC(=O)OC.[AlH3].[CH2-]C(I)CO.[CH2-]C(O)CO.[CH2-]C/C=C(\OOC)C(=O)OC.[CH2-]C1CO1.[CH2-]CC(CO)CO.[CH2-]CI.[H-].[H-].[I-].[Li+].[Na+].[OH3+].[Rf].[Rf].[Rf].[Rf].[Rf].[Rf]. The summed E-state index contributed by atoms with van der Waals surface area (Å²) < 4.78 is 18.5. The Labute approximate surface area is 400 Å². The minimum atomic E-state index is -0.810. The second-order valence-electron chi connectivity index (χ2n) is 7.21. The molecule has 1 aliphatic heterocycles. The van der Waals surface area contributed by atoms with Crippen LogP contribution in [0, 0.1) is 47.5 Å². The Balaban J connectivity index is -0.0000000148. The number of aliphatic hydroxyl groups excluding tert-OH is 5. The first-order valence-corrected chi connectivity index (χ1v) is 15.4. The molecule has 0 aliphatic carbocycles. The summed E-state index contributed by atoms with van der Waals surface area (Å²) in [5.74, 6) is -1.73. The normalized spacial score (nSPS) is 10.4. The zero-order valence-corrected chi connectivity index (χ0v) is 80.2. The molecule has 8 N–H and O–H groups in total. The fraction of sp³-hybridized carbons (Fsp3) is 0.633. The van der Waals surface area contributed by atoms with Gasteiger partial charge in [0, 0.05) is 33.0 Å². The van der Waals surface area contributed by atoms with E-state index in [1.54, 1.807) is 0 Å². The van der Waals surface area contributed by atoms with Gasteiger partial charge in [-0.1, -0.05) is 24.9 Å². The number of carbonyl (C=O) groups is 3. The number of esters is 3. The molecule has 0 spiro atoms. The molecule has 1 heterocycles. The van der Waals surface area contributed by atoms with Gasteiger partial charge in [-0.15, -0.1) is 49.6 Å². The number of aliphatic hydroxyl groups is 5. The molecule has 0 aromatic carbocycles. The van der Waals surface area contributed by atoms with Crippen LogP contribution in [0.4, 0.5) is 0 Å². The largest absolute Gasteiger partial charge is 1.00 e. The molecule has 0 aromatic heterocycles. The maximum Gasteiger partial charge on any atom is 1.00 e. The molecule has 1 fully saturated rings. The summed E-state index contributed by atoms with van der Waals surface area (Å²) in [7, 11) is 4.99. The van der Waals surface area contributed by atoms with Crippen molar-refractivity contribution in [3.63, 3.8) is 0 Å². The molecule has 15 nitrogen and oxygen atoms in total. The summed E-state index contributed by atoms with van der Waals surface area (Å²) in [5.41, 5.74) is 0. The van der Waals surface area contributed by atoms with Gasteiger partial charge in [0.15, 0.2) is 17.4 Å². The van der Waals surface area contributed by atoms with Crippen LogP contribution in [0.2, 0.25) is 0 Å². The first-order valence-electron chi connectivity index (χ1n) is 12.6. The van der Waals surface area contributed by atoms with Crippen LogP contribution in [0.1, 0.15) is 37.0 Å². The zero-order chi connectivity index (χ0) is 35.9. The second-order valence-corrected chi connectivity index (χ2v) is 10.0. The summed E-state index contributed by atoms with van der Waals surface area (Å²) in [6, 6.07) is 0. The van der Waals surface area contributed by atoms with Crippen molar-refractivity contribution < 1.29 is 149 Å². The molecule has 3 unspecified atom stereocenters. The molecule has 0 radical (unpaired) electrons. The van der Waals surface area contributed by atoms with E-state index in [4.69, 9.17) is 25.5 Å². The van der Waals surface area contributed by atoms with Crippen molar-refractivity contribution in [1.29, 1.82) is 0 Å². The Hall–Kier alpha value is -4.05. The molecular formula is C30H68AlI3LiNaO15Rf6-6. The van der Waals surface area contributed by atoms with E-state index >= 15 is 0 Å². The number of ether oxygens (including phenoxy) is 4. The number of hydrogen-bond acceptors (Lipinski definition) is 14. The van der Waals surface area contributed by atoms with Crippen molar-refractivity contribution in [3.05, 3.63) is 53.4 Å². The fourth-order valence-corrected chi connectivity index (χ4v) is 1.04. The Morgan fingerprint density at radius 2 is 1.12 bits per heavy atom. The average molecular weight is 2710 g/mol. The van der Waals surface area contributed by atoms with Gasteiger partial charge in [0.25, 0.3) is 0 Å². The molecule has 1 saturated heterocycles. The number of hydrogen-bond donors (Lipinski definition) is 5. The maximum absolute atomic E-state index is 10.8. The number of alkyl halides is 2. The quantitative estimate of drug-likeness (QED) is 0.0103. The third-order valence-corrected chi connectivity index (χ3v) is 3.76. The van der Waals surface area contributed by atoms with E-state index < -0.39 is 24.0 Å². The molecule has 1 rings (SSSR count). The molecule has 0 amide bonds. The molecule has 0 saturated carbocycles. The predicted octanol–water partition coefficient (Wildman–Crippen LogP) is -7.95. The van der Waals surface area contributed by atoms with Gasteiger partial charge < -0.3 is 123 Å². The Kier molecular flexibility index (Phi) is 227. The third-order valence-electron chi connectivity index (χ3n) is 3.37. The maximum atomic E-state index is 10.8. The van der Waals surface area contributed by atoms with Gasteiger partial charge in [-0.3, -0.25) is 9.59 Å². The van der Waals surface area contributed by atoms with E-state index in [1.807, 2.05) is 22.6 Å². The first kappa shape index (κ1) is 124. The van der Waals surface area contributed by atoms with Gasteiger partial charge in [-0.25, -0.2) is 4.79 Å². The van der Waals surface area contributed by atoms with Crippen LogP contribution in [0.25, 0.3) is 0 Å². The van der Waals surface area contributed by atoms with Crippen LogP contribution in [0.5, 0.6) is 0 Å². The van der Waals surface area contributed by atoms with Crippen LogP contribution in [0.3, 0.4) is 0 Å². The van der Waals surface area contributed by atoms with Crippen molar-refractivity contribution in [3.8, 4) is 0 Å². The number of carbonyl (C=O) groups excluding carboxylic acids is 3. The van der Waals surface area contributed by atoms with Crippen LogP contribution in [-0.4, -0.2) is 143 Å². The predicted molar refractivity (Wildman–Crippen MR) is 213 cm³/mol. The van der Waals surface area contributed by atoms with Gasteiger partial charge in [0.1, 0.15) is 6.42 Å². The standard InChI is InChI=1S/C7H11O4.C5H8O4.C5H11O2.C3H6IO.C3H7O2.C3H5O.C2H4I.2CH4.Al.HI.Li.Na.H2O.6Rf.5H/c1-4-5-6(11-10-3)7(8)9-2;1-8-4(6)3-5(7)9-2;1-2-5(3-6)4-7;1-3(4)2-5;1-3(5)2-4;1-3-2-4-3;1-2-3;;;;;;;;;;;;;;;;;;/h5H,1,4H2,2-3H3;3H2,1-2H3;5-7H,1-4H2;3,5H,1-2H2;3-5H,1-2H2;3H,1-2H2;1-2H2;2*1H4;;1H;;;1H2;;;;;;;;;;;/q-1;;5*-1;;;;;2*+1;;;;;;;;;;;2*-1/b6-5-;;;;;;;;;;;;;;;;;;;;;;;;. The summed E-state index contributed by atoms with van der Waals surface area (Å²) >= 11 is 4.22. The Morgan fingerprint density at radius 3 is 1.23 bits per heavy atom. The Morgan fingerprint density at radius 1 is 0.842 bits per heavy atom. The van der Waals surface area contributed by atoms with Crippen LogP contribution in [0.15, 0.2) is 11.8 Å². The van der Waals surface area contributed by atoms with E-state index in [2.05, 4.69) is 92.9 Å². The molecule has 0 bridgehead atoms. The Bertz CT molecular complexity index is 669. The monoisotopic (exact) mass is 2710 g/mol. The number of allylic oxidation sites excluding steroid dienone is 1. The molecule has 322 valence electrons. The van der Waals surface area contributed by atoms with Crippen LogP contribution < -0.4 is 72.4 Å². The van der Waals surface area contributed by atoms with Gasteiger partial charge >= 0.3 is 66.3 Å². The summed E-state index contributed by atoms with van der Waals surface area (Å²) in [6.45, 7) is 21.5. The zero-order valence-electron chi connectivity index (χ0n) is 35.4. The molecule has 3 atom stereocenters. The van der Waals surface area contributed by atoms with Crippen molar-refractivity contribution in [2.75, 3.05) is 65.9 Å². The first-order chi connectivity index (χ1) is 20.7. The fourth-order valence-electron chi connectivity index (χ4n) is 1.04. The van der Waals surface area contributed by atoms with Gasteiger partial charge in [-0.2, -0.15) is 17.7 Å². The van der Waals surface area contributed by atoms with Crippen molar-refractivity contribution in [2.45, 2.75) is 50.2 Å². The van der Waals surface area contributed by atoms with Gasteiger partial charge in [0.05, 0.1) is 28.4 Å². The van der Waals surface area contributed by atoms with Crippen molar-refractivity contribution in [2.24, 2.45) is 5.92 Å². The minimum Gasteiger partial charge on any atom is -1.00 e. The van der Waals surface area contributed by atoms with E-state index in [-0.39, 0.29) is 161 Å². The number of epoxide rings is 1. The molecule has 0 aromatic rings. The van der Waals surface area contributed by atoms with E-state index in [0.717, 1.165) is 11.0 Å². The smallest absolute Gasteiger partial charge is 1.00 e. The van der Waals surface area contributed by atoms with Crippen LogP contribution >= 0.6 is 45.2 Å². The number of methoxy groups -OCH3 is 3. The van der Waals surface area contributed by atoms with Crippen molar-refractivity contribution in [1.82, 2.24) is 0 Å². The van der Waals surface area contributed by atoms with E-state index in [1.165, 1.54) is 34.5 Å².